The number of thiophene rings is 1. The molecule has 3 heterocycles. The van der Waals surface area contributed by atoms with E-state index in [2.05, 4.69) is 5.32 Å². The van der Waals surface area contributed by atoms with Crippen LogP contribution in [0.1, 0.15) is 16.1 Å². The fourth-order valence-corrected chi connectivity index (χ4v) is 5.07. The summed E-state index contributed by atoms with van der Waals surface area (Å²) < 4.78 is 1.56. The van der Waals surface area contributed by atoms with Gasteiger partial charge in [-0.05, 0) is 48.0 Å². The summed E-state index contributed by atoms with van der Waals surface area (Å²) in [4.78, 5) is 40.8. The maximum atomic E-state index is 12.7. The van der Waals surface area contributed by atoms with Crippen molar-refractivity contribution in [3.05, 3.63) is 106 Å². The zero-order valence-electron chi connectivity index (χ0n) is 18.4. The fraction of sp³-hybridized carbons (Fsp3) is 0.148. The number of carbonyl (C=O) groups is 2. The van der Waals surface area contributed by atoms with Crippen LogP contribution in [0.15, 0.2) is 95.9 Å². The van der Waals surface area contributed by atoms with Crippen LogP contribution in [-0.2, 0) is 4.79 Å². The molecule has 1 aliphatic rings. The monoisotopic (exact) mass is 469 g/mol. The number of rotatable bonds is 6. The van der Waals surface area contributed by atoms with Crippen LogP contribution < -0.4 is 15.8 Å². The number of anilines is 1. The van der Waals surface area contributed by atoms with Crippen LogP contribution in [0.3, 0.4) is 0 Å². The highest BCUT2D eigenvalue weighted by molar-refractivity contribution is 7.17. The lowest BCUT2D eigenvalue weighted by molar-refractivity contribution is -0.117. The molecule has 1 saturated heterocycles. The van der Waals surface area contributed by atoms with Gasteiger partial charge >= 0.3 is 0 Å². The van der Waals surface area contributed by atoms with Gasteiger partial charge in [0.25, 0.3) is 11.5 Å². The van der Waals surface area contributed by atoms with Gasteiger partial charge < -0.3 is 10.2 Å². The second kappa shape index (κ2) is 9.49. The third kappa shape index (κ3) is 4.56. The molecule has 0 saturated carbocycles. The Morgan fingerprint density at radius 1 is 0.882 bits per heavy atom. The highest BCUT2D eigenvalue weighted by atomic mass is 32.1. The number of hydrogen-bond donors (Lipinski definition) is 1. The zero-order chi connectivity index (χ0) is 23.5. The molecular weight excluding hydrogens is 446 g/mol. The molecule has 0 spiro atoms. The molecule has 1 aliphatic heterocycles. The number of nitrogens with zero attached hydrogens (tertiary/aromatic N) is 2. The third-order valence-electron chi connectivity index (χ3n) is 5.91. The van der Waals surface area contributed by atoms with Crippen molar-refractivity contribution in [3.8, 4) is 16.1 Å². The molecule has 0 bridgehead atoms. The fourth-order valence-electron chi connectivity index (χ4n) is 4.14. The number of aromatic nitrogens is 1. The average molecular weight is 470 g/mol. The molecule has 1 atom stereocenters. The van der Waals surface area contributed by atoms with Gasteiger partial charge in [-0.25, -0.2) is 0 Å². The van der Waals surface area contributed by atoms with Gasteiger partial charge in [-0.1, -0.05) is 36.4 Å². The maximum absolute atomic E-state index is 12.7. The lowest BCUT2D eigenvalue weighted by atomic mass is 10.1. The van der Waals surface area contributed by atoms with E-state index in [0.29, 0.717) is 24.4 Å². The SMILES string of the molecule is O=C(NCC1CC(=O)N(c2ccc(-n3ccccc3=O)cc2)C1)c1ccc(-c2ccccc2)s1. The number of hydrogen-bond acceptors (Lipinski definition) is 4. The minimum absolute atomic E-state index is 0.0337. The molecule has 6 nitrogen and oxygen atoms in total. The van der Waals surface area contributed by atoms with Gasteiger partial charge in [-0.2, -0.15) is 0 Å². The first-order valence-corrected chi connectivity index (χ1v) is 11.9. The Balaban J connectivity index is 1.19. The van der Waals surface area contributed by atoms with Crippen molar-refractivity contribution in [1.29, 1.82) is 0 Å². The van der Waals surface area contributed by atoms with E-state index in [-0.39, 0.29) is 23.3 Å². The van der Waals surface area contributed by atoms with Crippen molar-refractivity contribution in [2.75, 3.05) is 18.0 Å². The molecule has 0 radical (unpaired) electrons. The van der Waals surface area contributed by atoms with Crippen LogP contribution in [0.2, 0.25) is 0 Å². The van der Waals surface area contributed by atoms with E-state index < -0.39 is 0 Å². The van der Waals surface area contributed by atoms with Crippen LogP contribution in [0, 0.1) is 5.92 Å². The first kappa shape index (κ1) is 21.9. The van der Waals surface area contributed by atoms with Crippen LogP contribution in [-0.4, -0.2) is 29.5 Å². The molecular formula is C27H23N3O3S. The van der Waals surface area contributed by atoms with Crippen molar-refractivity contribution < 1.29 is 9.59 Å². The highest BCUT2D eigenvalue weighted by Crippen LogP contribution is 2.28. The second-order valence-corrected chi connectivity index (χ2v) is 9.32. The number of carbonyl (C=O) groups excluding carboxylic acids is 2. The van der Waals surface area contributed by atoms with Crippen LogP contribution in [0.5, 0.6) is 0 Å². The standard InChI is InChI=1S/C27H23N3O3S/c31-25-8-4-5-15-29(25)21-9-11-22(12-10-21)30-18-19(16-26(30)32)17-28-27(33)24-14-13-23(34-24)20-6-2-1-3-7-20/h1-15,19H,16-18H2,(H,28,33). The molecule has 4 aromatic rings. The van der Waals surface area contributed by atoms with E-state index in [4.69, 9.17) is 0 Å². The van der Waals surface area contributed by atoms with Crippen LogP contribution in [0.4, 0.5) is 5.69 Å². The Hall–Kier alpha value is -3.97. The predicted molar refractivity (Wildman–Crippen MR) is 135 cm³/mol. The molecule has 7 heteroatoms. The normalized spacial score (nSPS) is 15.5. The summed E-state index contributed by atoms with van der Waals surface area (Å²) in [7, 11) is 0. The van der Waals surface area contributed by atoms with E-state index in [9.17, 15) is 14.4 Å². The third-order valence-corrected chi connectivity index (χ3v) is 7.04. The van der Waals surface area contributed by atoms with E-state index in [1.807, 2.05) is 66.7 Å². The van der Waals surface area contributed by atoms with Gasteiger partial charge in [0.1, 0.15) is 0 Å². The topological polar surface area (TPSA) is 71.4 Å². The first-order chi connectivity index (χ1) is 16.6. The summed E-state index contributed by atoms with van der Waals surface area (Å²) in [5, 5.41) is 2.99. The van der Waals surface area contributed by atoms with E-state index in [1.54, 1.807) is 27.8 Å². The Kier molecular flexibility index (Phi) is 6.10. The summed E-state index contributed by atoms with van der Waals surface area (Å²) in [6.07, 6.45) is 2.10. The van der Waals surface area contributed by atoms with Crippen LogP contribution in [0.25, 0.3) is 16.1 Å². The Morgan fingerprint density at radius 3 is 2.38 bits per heavy atom. The summed E-state index contributed by atoms with van der Waals surface area (Å²) >= 11 is 1.46. The lowest BCUT2D eigenvalue weighted by Crippen LogP contribution is -2.30. The van der Waals surface area contributed by atoms with Gasteiger partial charge in [0.15, 0.2) is 0 Å². The van der Waals surface area contributed by atoms with Crippen molar-refractivity contribution in [1.82, 2.24) is 9.88 Å². The van der Waals surface area contributed by atoms with E-state index in [1.165, 1.54) is 17.4 Å². The predicted octanol–water partition coefficient (Wildman–Crippen LogP) is 4.35. The van der Waals surface area contributed by atoms with Gasteiger partial charge in [0.05, 0.1) is 4.88 Å². The summed E-state index contributed by atoms with van der Waals surface area (Å²) in [6, 6.07) is 26.2. The molecule has 170 valence electrons. The largest absolute Gasteiger partial charge is 0.351 e. The molecule has 34 heavy (non-hydrogen) atoms. The molecule has 2 aromatic carbocycles. The maximum Gasteiger partial charge on any atom is 0.261 e. The summed E-state index contributed by atoms with van der Waals surface area (Å²) in [5.74, 6) is -0.0384. The Morgan fingerprint density at radius 2 is 1.62 bits per heavy atom. The lowest BCUT2D eigenvalue weighted by Gasteiger charge is -2.17. The molecule has 2 amide bonds. The van der Waals surface area contributed by atoms with Gasteiger partial charge in [0, 0.05) is 53.9 Å². The quantitative estimate of drug-likeness (QED) is 0.456. The first-order valence-electron chi connectivity index (χ1n) is 11.1. The Labute approximate surface area is 201 Å². The zero-order valence-corrected chi connectivity index (χ0v) is 19.2. The number of amides is 2. The van der Waals surface area contributed by atoms with E-state index in [0.717, 1.165) is 21.8 Å². The van der Waals surface area contributed by atoms with Gasteiger partial charge in [0.2, 0.25) is 5.91 Å². The number of pyridine rings is 1. The van der Waals surface area contributed by atoms with Crippen molar-refractivity contribution in [2.45, 2.75) is 6.42 Å². The average Bonchev–Trinajstić information content (AvgIpc) is 3.51. The second-order valence-electron chi connectivity index (χ2n) is 8.24. The van der Waals surface area contributed by atoms with Crippen LogP contribution >= 0.6 is 11.3 Å². The van der Waals surface area contributed by atoms with Crippen molar-refractivity contribution >= 4 is 28.8 Å². The minimum atomic E-state index is -0.115. The van der Waals surface area contributed by atoms with Gasteiger partial charge in [-0.15, -0.1) is 11.3 Å². The smallest absolute Gasteiger partial charge is 0.261 e. The number of benzene rings is 2. The molecule has 1 unspecified atom stereocenters. The van der Waals surface area contributed by atoms with Gasteiger partial charge in [-0.3, -0.25) is 19.0 Å². The molecule has 1 fully saturated rings. The Bertz CT molecular complexity index is 1380. The highest BCUT2D eigenvalue weighted by Gasteiger charge is 2.31. The molecule has 0 aliphatic carbocycles. The summed E-state index contributed by atoms with van der Waals surface area (Å²) in [6.45, 7) is 0.987. The minimum Gasteiger partial charge on any atom is -0.351 e. The number of nitrogens with one attached hydrogen (secondary N) is 1. The molecule has 2 aromatic heterocycles. The van der Waals surface area contributed by atoms with E-state index >= 15 is 0 Å². The molecule has 5 rings (SSSR count). The molecule has 1 N–H and O–H groups in total. The van der Waals surface area contributed by atoms with Crippen molar-refractivity contribution in [3.63, 3.8) is 0 Å². The van der Waals surface area contributed by atoms with Crippen molar-refractivity contribution in [2.24, 2.45) is 5.92 Å². The summed E-state index contributed by atoms with van der Waals surface area (Å²) in [5.41, 5.74) is 2.52.